The molecule has 0 bridgehead atoms. The van der Waals surface area contributed by atoms with E-state index in [-0.39, 0.29) is 5.91 Å². The van der Waals surface area contributed by atoms with Crippen molar-refractivity contribution >= 4 is 55.4 Å². The topological polar surface area (TPSA) is 67.8 Å². The Morgan fingerprint density at radius 3 is 2.77 bits per heavy atom. The van der Waals surface area contributed by atoms with Gasteiger partial charge in [-0.1, -0.05) is 17.4 Å². The number of benzene rings is 2. The number of rotatable bonds is 2. The van der Waals surface area contributed by atoms with Gasteiger partial charge in [0, 0.05) is 5.56 Å². The Hall–Kier alpha value is -2.38. The first kappa shape index (κ1) is 13.3. The fraction of sp³-hybridized carbons (Fsp3) is 0.0667. The molecule has 0 atom stereocenters. The molecule has 0 aliphatic heterocycles. The van der Waals surface area contributed by atoms with Crippen LogP contribution in [0.2, 0.25) is 0 Å². The van der Waals surface area contributed by atoms with Gasteiger partial charge in [-0.05, 0) is 42.8 Å². The SMILES string of the molecule is Cc1ccc2nc(NC(=O)c3ccc4nsnc4c3)sc2c1. The molecule has 0 unspecified atom stereocenters. The predicted octanol–water partition coefficient (Wildman–Crippen LogP) is 3.86. The van der Waals surface area contributed by atoms with Crippen molar-refractivity contribution in [3.8, 4) is 0 Å². The maximum Gasteiger partial charge on any atom is 0.257 e. The van der Waals surface area contributed by atoms with Gasteiger partial charge in [0.15, 0.2) is 5.13 Å². The average molecular weight is 326 g/mol. The lowest BCUT2D eigenvalue weighted by atomic mass is 10.2. The summed E-state index contributed by atoms with van der Waals surface area (Å²) in [7, 11) is 0. The third kappa shape index (κ3) is 2.34. The Bertz CT molecular complexity index is 1010. The Balaban J connectivity index is 1.64. The minimum absolute atomic E-state index is 0.189. The van der Waals surface area contributed by atoms with Crippen molar-refractivity contribution in [3.05, 3.63) is 47.5 Å². The van der Waals surface area contributed by atoms with Crippen LogP contribution in [0.3, 0.4) is 0 Å². The van der Waals surface area contributed by atoms with Crippen LogP contribution in [0.25, 0.3) is 21.3 Å². The molecule has 2 heterocycles. The fourth-order valence-electron chi connectivity index (χ4n) is 2.18. The summed E-state index contributed by atoms with van der Waals surface area (Å²) >= 11 is 2.61. The summed E-state index contributed by atoms with van der Waals surface area (Å²) in [5.41, 5.74) is 4.16. The highest BCUT2D eigenvalue weighted by atomic mass is 32.1. The normalized spacial score (nSPS) is 11.1. The minimum atomic E-state index is -0.189. The molecule has 108 valence electrons. The van der Waals surface area contributed by atoms with Gasteiger partial charge in [0.25, 0.3) is 5.91 Å². The number of amides is 1. The number of thiazole rings is 1. The highest BCUT2D eigenvalue weighted by Crippen LogP contribution is 2.27. The highest BCUT2D eigenvalue weighted by Gasteiger charge is 2.11. The average Bonchev–Trinajstić information content (AvgIpc) is 3.11. The number of fused-ring (bicyclic) bond motifs is 2. The number of nitrogens with one attached hydrogen (secondary N) is 1. The van der Waals surface area contributed by atoms with E-state index in [1.54, 1.807) is 18.2 Å². The first-order valence-electron chi connectivity index (χ1n) is 6.60. The molecule has 0 aliphatic carbocycles. The van der Waals surface area contributed by atoms with E-state index in [2.05, 4.69) is 25.1 Å². The van der Waals surface area contributed by atoms with E-state index in [4.69, 9.17) is 0 Å². The van der Waals surface area contributed by atoms with E-state index in [9.17, 15) is 4.79 Å². The summed E-state index contributed by atoms with van der Waals surface area (Å²) in [4.78, 5) is 16.8. The molecule has 0 saturated carbocycles. The van der Waals surface area contributed by atoms with Crippen LogP contribution in [0.1, 0.15) is 15.9 Å². The summed E-state index contributed by atoms with van der Waals surface area (Å²) < 4.78 is 9.34. The molecule has 0 radical (unpaired) electrons. The van der Waals surface area contributed by atoms with Crippen molar-refractivity contribution in [2.75, 3.05) is 5.32 Å². The molecule has 22 heavy (non-hydrogen) atoms. The van der Waals surface area contributed by atoms with E-state index in [1.165, 1.54) is 16.9 Å². The monoisotopic (exact) mass is 326 g/mol. The molecule has 4 rings (SSSR count). The molecule has 2 aromatic heterocycles. The Labute approximate surface area is 134 Å². The van der Waals surface area contributed by atoms with Gasteiger partial charge in [0.05, 0.1) is 21.9 Å². The molecule has 2 aromatic carbocycles. The van der Waals surface area contributed by atoms with E-state index in [1.807, 2.05) is 19.1 Å². The van der Waals surface area contributed by atoms with Crippen molar-refractivity contribution < 1.29 is 4.79 Å². The maximum atomic E-state index is 12.3. The van der Waals surface area contributed by atoms with Gasteiger partial charge < -0.3 is 0 Å². The van der Waals surface area contributed by atoms with Crippen LogP contribution < -0.4 is 5.32 Å². The molecular weight excluding hydrogens is 316 g/mol. The third-order valence-corrected chi connectivity index (χ3v) is 4.77. The maximum absolute atomic E-state index is 12.3. The van der Waals surface area contributed by atoms with Gasteiger partial charge in [-0.2, -0.15) is 8.75 Å². The van der Waals surface area contributed by atoms with Crippen LogP contribution in [0.15, 0.2) is 36.4 Å². The van der Waals surface area contributed by atoms with Crippen LogP contribution in [-0.4, -0.2) is 19.6 Å². The van der Waals surface area contributed by atoms with E-state index in [0.29, 0.717) is 10.7 Å². The Morgan fingerprint density at radius 1 is 1.05 bits per heavy atom. The van der Waals surface area contributed by atoms with E-state index >= 15 is 0 Å². The van der Waals surface area contributed by atoms with Crippen LogP contribution in [-0.2, 0) is 0 Å². The van der Waals surface area contributed by atoms with Crippen LogP contribution in [0.4, 0.5) is 5.13 Å². The molecule has 4 aromatic rings. The second-order valence-corrected chi connectivity index (χ2v) is 6.47. The first-order chi connectivity index (χ1) is 10.7. The standard InChI is InChI=1S/C15H10N4OS2/c1-8-2-4-11-13(6-8)21-15(16-11)17-14(20)9-3-5-10-12(7-9)19-22-18-10/h2-7H,1H3,(H,16,17,20). The van der Waals surface area contributed by atoms with Gasteiger partial charge in [-0.25, -0.2) is 4.98 Å². The molecule has 0 spiro atoms. The summed E-state index contributed by atoms with van der Waals surface area (Å²) in [6.07, 6.45) is 0. The van der Waals surface area contributed by atoms with E-state index < -0.39 is 0 Å². The predicted molar refractivity (Wildman–Crippen MR) is 89.7 cm³/mol. The minimum Gasteiger partial charge on any atom is -0.298 e. The van der Waals surface area contributed by atoms with E-state index in [0.717, 1.165) is 33.0 Å². The molecule has 0 aliphatic rings. The number of hydrogen-bond acceptors (Lipinski definition) is 6. The zero-order valence-corrected chi connectivity index (χ0v) is 13.2. The fourth-order valence-corrected chi connectivity index (χ4v) is 3.65. The van der Waals surface area contributed by atoms with Crippen LogP contribution in [0, 0.1) is 6.92 Å². The molecule has 1 N–H and O–H groups in total. The largest absolute Gasteiger partial charge is 0.298 e. The van der Waals surface area contributed by atoms with Crippen molar-refractivity contribution in [2.45, 2.75) is 6.92 Å². The smallest absolute Gasteiger partial charge is 0.257 e. The number of hydrogen-bond donors (Lipinski definition) is 1. The van der Waals surface area contributed by atoms with Gasteiger partial charge in [0.1, 0.15) is 11.0 Å². The summed E-state index contributed by atoms with van der Waals surface area (Å²) in [6, 6.07) is 11.3. The molecule has 0 fully saturated rings. The summed E-state index contributed by atoms with van der Waals surface area (Å²) in [5, 5.41) is 3.45. The van der Waals surface area contributed by atoms with Crippen LogP contribution in [0.5, 0.6) is 0 Å². The lowest BCUT2D eigenvalue weighted by Gasteiger charge is -2.00. The van der Waals surface area contributed by atoms with Gasteiger partial charge >= 0.3 is 0 Å². The van der Waals surface area contributed by atoms with Crippen molar-refractivity contribution in [1.82, 2.24) is 13.7 Å². The number of anilines is 1. The number of aromatic nitrogens is 3. The quantitative estimate of drug-likeness (QED) is 0.607. The highest BCUT2D eigenvalue weighted by molar-refractivity contribution is 7.22. The molecule has 7 heteroatoms. The van der Waals surface area contributed by atoms with Gasteiger partial charge in [-0.15, -0.1) is 0 Å². The summed E-state index contributed by atoms with van der Waals surface area (Å²) in [5.74, 6) is -0.189. The molecular formula is C15H10N4OS2. The third-order valence-electron chi connectivity index (χ3n) is 3.28. The first-order valence-corrected chi connectivity index (χ1v) is 8.14. The lowest BCUT2D eigenvalue weighted by Crippen LogP contribution is -2.11. The molecule has 0 saturated heterocycles. The second-order valence-electron chi connectivity index (χ2n) is 4.91. The zero-order valence-electron chi connectivity index (χ0n) is 11.5. The molecule has 1 amide bonds. The summed E-state index contributed by atoms with van der Waals surface area (Å²) in [6.45, 7) is 2.04. The molecule has 5 nitrogen and oxygen atoms in total. The van der Waals surface area contributed by atoms with Crippen LogP contribution >= 0.6 is 23.1 Å². The van der Waals surface area contributed by atoms with Gasteiger partial charge in [-0.3, -0.25) is 10.1 Å². The zero-order chi connectivity index (χ0) is 15.1. The number of carbonyl (C=O) groups is 1. The van der Waals surface area contributed by atoms with Gasteiger partial charge in [0.2, 0.25) is 0 Å². The lowest BCUT2D eigenvalue weighted by molar-refractivity contribution is 0.102. The number of aryl methyl sites for hydroxylation is 1. The Morgan fingerprint density at radius 2 is 1.86 bits per heavy atom. The van der Waals surface area contributed by atoms with Crippen molar-refractivity contribution in [1.29, 1.82) is 0 Å². The number of nitrogens with zero attached hydrogens (tertiary/aromatic N) is 3. The van der Waals surface area contributed by atoms with Crippen molar-refractivity contribution in [3.63, 3.8) is 0 Å². The number of carbonyl (C=O) groups excluding carboxylic acids is 1. The van der Waals surface area contributed by atoms with Crippen molar-refractivity contribution in [2.24, 2.45) is 0 Å². The second kappa shape index (κ2) is 5.11. The Kier molecular flexibility index (Phi) is 3.09.